The van der Waals surface area contributed by atoms with Crippen LogP contribution in [0.5, 0.6) is 5.88 Å². The quantitative estimate of drug-likeness (QED) is 0.648. The SMILES string of the molecule is CCCOc1cc(N)nc(SCc2ccccc2)n1. The summed E-state index contributed by atoms with van der Waals surface area (Å²) in [5.41, 5.74) is 6.99. The summed E-state index contributed by atoms with van der Waals surface area (Å²) < 4.78 is 5.48. The van der Waals surface area contributed by atoms with E-state index < -0.39 is 0 Å². The van der Waals surface area contributed by atoms with Crippen molar-refractivity contribution in [2.75, 3.05) is 12.3 Å². The molecule has 0 atom stereocenters. The van der Waals surface area contributed by atoms with Crippen LogP contribution >= 0.6 is 11.8 Å². The highest BCUT2D eigenvalue weighted by atomic mass is 32.2. The molecule has 2 rings (SSSR count). The summed E-state index contributed by atoms with van der Waals surface area (Å²) >= 11 is 1.55. The molecule has 0 fully saturated rings. The lowest BCUT2D eigenvalue weighted by Gasteiger charge is -2.06. The van der Waals surface area contributed by atoms with Crippen LogP contribution in [0.2, 0.25) is 0 Å². The predicted molar refractivity (Wildman–Crippen MR) is 78.2 cm³/mol. The number of nitrogens with two attached hydrogens (primary N) is 1. The van der Waals surface area contributed by atoms with Crippen molar-refractivity contribution < 1.29 is 4.74 Å². The molecule has 2 aromatic rings. The summed E-state index contributed by atoms with van der Waals surface area (Å²) in [6.45, 7) is 2.69. The first-order chi connectivity index (χ1) is 9.28. The molecule has 1 aromatic carbocycles. The van der Waals surface area contributed by atoms with Gasteiger partial charge in [-0.3, -0.25) is 0 Å². The van der Waals surface area contributed by atoms with E-state index in [1.54, 1.807) is 17.8 Å². The Morgan fingerprint density at radius 3 is 2.74 bits per heavy atom. The Morgan fingerprint density at radius 1 is 1.21 bits per heavy atom. The largest absolute Gasteiger partial charge is 0.478 e. The maximum absolute atomic E-state index is 5.76. The van der Waals surface area contributed by atoms with E-state index in [-0.39, 0.29) is 0 Å². The summed E-state index contributed by atoms with van der Waals surface area (Å²) in [7, 11) is 0. The number of hydrogen-bond donors (Lipinski definition) is 1. The van der Waals surface area contributed by atoms with Gasteiger partial charge in [-0.15, -0.1) is 0 Å². The van der Waals surface area contributed by atoms with Crippen LogP contribution in [0, 0.1) is 0 Å². The highest BCUT2D eigenvalue weighted by Gasteiger charge is 2.04. The fourth-order valence-electron chi connectivity index (χ4n) is 1.49. The van der Waals surface area contributed by atoms with E-state index in [9.17, 15) is 0 Å². The van der Waals surface area contributed by atoms with Gasteiger partial charge in [0, 0.05) is 11.8 Å². The van der Waals surface area contributed by atoms with E-state index in [1.165, 1.54) is 5.56 Å². The van der Waals surface area contributed by atoms with Gasteiger partial charge in [0.05, 0.1) is 6.61 Å². The first-order valence-electron chi connectivity index (χ1n) is 6.22. The minimum Gasteiger partial charge on any atom is -0.478 e. The summed E-state index contributed by atoms with van der Waals surface area (Å²) in [6, 6.07) is 11.9. The van der Waals surface area contributed by atoms with Crippen LogP contribution < -0.4 is 10.5 Å². The number of nitrogens with zero attached hydrogens (tertiary/aromatic N) is 2. The van der Waals surface area contributed by atoms with E-state index in [0.717, 1.165) is 12.2 Å². The second-order valence-corrected chi connectivity index (χ2v) is 4.98. The van der Waals surface area contributed by atoms with Crippen molar-refractivity contribution in [3.05, 3.63) is 42.0 Å². The van der Waals surface area contributed by atoms with Gasteiger partial charge in [0.2, 0.25) is 5.88 Å². The molecule has 2 N–H and O–H groups in total. The van der Waals surface area contributed by atoms with E-state index in [0.29, 0.717) is 23.5 Å². The van der Waals surface area contributed by atoms with Gasteiger partial charge in [0.15, 0.2) is 5.16 Å². The van der Waals surface area contributed by atoms with Crippen LogP contribution in [0.25, 0.3) is 0 Å². The molecule has 0 spiro atoms. The van der Waals surface area contributed by atoms with Gasteiger partial charge in [0.1, 0.15) is 5.82 Å². The number of benzene rings is 1. The molecular formula is C14H17N3OS. The number of hydrogen-bond acceptors (Lipinski definition) is 5. The van der Waals surface area contributed by atoms with Gasteiger partial charge in [-0.2, -0.15) is 4.98 Å². The lowest BCUT2D eigenvalue weighted by molar-refractivity contribution is 0.302. The average molecular weight is 275 g/mol. The smallest absolute Gasteiger partial charge is 0.219 e. The van der Waals surface area contributed by atoms with Crippen LogP contribution in [-0.4, -0.2) is 16.6 Å². The lowest BCUT2D eigenvalue weighted by atomic mass is 10.2. The third-order valence-corrected chi connectivity index (χ3v) is 3.29. The van der Waals surface area contributed by atoms with Crippen LogP contribution in [0.4, 0.5) is 5.82 Å². The zero-order valence-electron chi connectivity index (χ0n) is 10.9. The fourth-order valence-corrected chi connectivity index (χ4v) is 2.30. The van der Waals surface area contributed by atoms with Gasteiger partial charge in [-0.1, -0.05) is 49.0 Å². The highest BCUT2D eigenvalue weighted by Crippen LogP contribution is 2.22. The minimum absolute atomic E-state index is 0.441. The summed E-state index contributed by atoms with van der Waals surface area (Å²) in [5, 5.41) is 0.648. The Hall–Kier alpha value is -1.75. The van der Waals surface area contributed by atoms with E-state index in [1.807, 2.05) is 18.2 Å². The van der Waals surface area contributed by atoms with Crippen LogP contribution in [0.3, 0.4) is 0 Å². The van der Waals surface area contributed by atoms with Crippen molar-refractivity contribution in [3.63, 3.8) is 0 Å². The second-order valence-electron chi connectivity index (χ2n) is 4.04. The summed E-state index contributed by atoms with van der Waals surface area (Å²) in [6.07, 6.45) is 0.941. The van der Waals surface area contributed by atoms with Gasteiger partial charge < -0.3 is 10.5 Å². The molecule has 100 valence electrons. The number of thioether (sulfide) groups is 1. The van der Waals surface area contributed by atoms with Crippen molar-refractivity contribution in [1.82, 2.24) is 9.97 Å². The standard InChI is InChI=1S/C14H17N3OS/c1-2-8-18-13-9-12(15)16-14(17-13)19-10-11-6-4-3-5-7-11/h3-7,9H,2,8,10H2,1H3,(H2,15,16,17). The maximum atomic E-state index is 5.76. The molecule has 0 saturated carbocycles. The van der Waals surface area contributed by atoms with Crippen molar-refractivity contribution in [1.29, 1.82) is 0 Å². The highest BCUT2D eigenvalue weighted by molar-refractivity contribution is 7.98. The second kappa shape index (κ2) is 6.99. The van der Waals surface area contributed by atoms with Crippen molar-refractivity contribution >= 4 is 17.6 Å². The predicted octanol–water partition coefficient (Wildman–Crippen LogP) is 3.14. The molecule has 19 heavy (non-hydrogen) atoms. The number of rotatable bonds is 6. The van der Waals surface area contributed by atoms with Crippen molar-refractivity contribution in [2.45, 2.75) is 24.3 Å². The van der Waals surface area contributed by atoms with Gasteiger partial charge in [-0.05, 0) is 12.0 Å². The summed E-state index contributed by atoms with van der Waals surface area (Å²) in [4.78, 5) is 8.54. The van der Waals surface area contributed by atoms with Crippen LogP contribution in [-0.2, 0) is 5.75 Å². The van der Waals surface area contributed by atoms with Crippen molar-refractivity contribution in [2.24, 2.45) is 0 Å². The Kier molecular flexibility index (Phi) is 5.03. The van der Waals surface area contributed by atoms with E-state index in [2.05, 4.69) is 29.0 Å². The maximum Gasteiger partial charge on any atom is 0.219 e. The van der Waals surface area contributed by atoms with Gasteiger partial charge in [0.25, 0.3) is 0 Å². The molecule has 0 aliphatic heterocycles. The number of anilines is 1. The third kappa shape index (κ3) is 4.44. The van der Waals surface area contributed by atoms with Gasteiger partial charge >= 0.3 is 0 Å². The molecule has 0 radical (unpaired) electrons. The van der Waals surface area contributed by atoms with Crippen molar-refractivity contribution in [3.8, 4) is 5.88 Å². The van der Waals surface area contributed by atoms with Gasteiger partial charge in [-0.25, -0.2) is 4.98 Å². The normalized spacial score (nSPS) is 10.4. The van der Waals surface area contributed by atoms with E-state index in [4.69, 9.17) is 10.5 Å². The Labute approximate surface area is 117 Å². The minimum atomic E-state index is 0.441. The average Bonchev–Trinajstić information content (AvgIpc) is 2.43. The number of nitrogen functional groups attached to an aromatic ring is 1. The summed E-state index contributed by atoms with van der Waals surface area (Å²) in [5.74, 6) is 1.80. The molecule has 0 aliphatic carbocycles. The third-order valence-electron chi connectivity index (χ3n) is 2.37. The molecule has 1 aromatic heterocycles. The topological polar surface area (TPSA) is 61.0 Å². The molecule has 0 amide bonds. The zero-order chi connectivity index (χ0) is 13.5. The molecule has 0 unspecified atom stereocenters. The first kappa shape index (κ1) is 13.7. The van der Waals surface area contributed by atoms with Crippen LogP contribution in [0.15, 0.2) is 41.6 Å². The molecule has 5 heteroatoms. The number of ether oxygens (including phenoxy) is 1. The molecule has 4 nitrogen and oxygen atoms in total. The lowest BCUT2D eigenvalue weighted by Crippen LogP contribution is -2.01. The Balaban J connectivity index is 2.01. The zero-order valence-corrected chi connectivity index (χ0v) is 11.7. The molecular weight excluding hydrogens is 258 g/mol. The fraction of sp³-hybridized carbons (Fsp3) is 0.286. The first-order valence-corrected chi connectivity index (χ1v) is 7.20. The molecule has 0 aliphatic rings. The molecule has 1 heterocycles. The number of aromatic nitrogens is 2. The Morgan fingerprint density at radius 2 is 2.00 bits per heavy atom. The molecule has 0 bridgehead atoms. The van der Waals surface area contributed by atoms with E-state index >= 15 is 0 Å². The van der Waals surface area contributed by atoms with Crippen LogP contribution in [0.1, 0.15) is 18.9 Å². The monoisotopic (exact) mass is 275 g/mol. The molecule has 0 saturated heterocycles. The Bertz CT molecular complexity index is 519.